The fraction of sp³-hybridized carbons (Fsp3) is 0.837. The van der Waals surface area contributed by atoms with Crippen molar-refractivity contribution in [2.75, 3.05) is 55.9 Å². The number of carbonyl (C=O) groups excluding carboxylic acids is 13. The van der Waals surface area contributed by atoms with E-state index >= 15 is 9.59 Å². The molecule has 11 amide bonds. The Kier molecular flexibility index (Phi) is 48.5. The van der Waals surface area contributed by atoms with Gasteiger partial charge in [0.25, 0.3) is 0 Å². The van der Waals surface area contributed by atoms with E-state index in [1.807, 2.05) is 103 Å². The Morgan fingerprint density at radius 1 is 0.554 bits per heavy atom. The molecule has 139 heavy (non-hydrogen) atoms. The molecule has 0 bridgehead atoms. The molecule has 0 aliphatic carbocycles. The number of rotatable bonds is 27. The molecule has 790 valence electrons. The van der Waals surface area contributed by atoms with Crippen LogP contribution >= 0.6 is 0 Å². The number of ketones is 1. The minimum absolute atomic E-state index is 0. The number of Topliss-reactive ketones (excluding diaryl/α,β-unsaturated/α-hetero) is 1. The van der Waals surface area contributed by atoms with Crippen LogP contribution in [0.4, 0.5) is 0 Å². The van der Waals surface area contributed by atoms with Crippen molar-refractivity contribution in [2.24, 2.45) is 82.9 Å². The number of aliphatic carboxylic acids is 1. The Balaban J connectivity index is 0.000000635. The van der Waals surface area contributed by atoms with E-state index in [1.54, 1.807) is 73.6 Å². The number of allylic oxidation sites excluding steroid dienone is 2. The molecule has 6 rings (SSSR count). The summed E-state index contributed by atoms with van der Waals surface area (Å²) in [5.74, 6) is -15.9. The summed E-state index contributed by atoms with van der Waals surface area (Å²) in [6, 6.07) is -12.3. The van der Waals surface area contributed by atoms with Crippen LogP contribution in [0.3, 0.4) is 0 Å². The first kappa shape index (κ1) is 125. The second-order valence-corrected chi connectivity index (χ2v) is 44.0. The molecule has 35 heteroatoms. The van der Waals surface area contributed by atoms with Gasteiger partial charge in [0, 0.05) is 91.3 Å². The number of carboxylic acid groups (broad SMARTS) is 1. The zero-order chi connectivity index (χ0) is 105. The molecule has 0 aromatic carbocycles. The fourth-order valence-corrected chi connectivity index (χ4v) is 21.2. The Labute approximate surface area is 852 Å². The van der Waals surface area contributed by atoms with Gasteiger partial charge in [-0.2, -0.15) is 0 Å². The van der Waals surface area contributed by atoms with Gasteiger partial charge in [0.2, 0.25) is 70.8 Å². The monoisotopic (exact) mass is 1970 g/mol. The summed E-state index contributed by atoms with van der Waals surface area (Å²) in [5, 5.41) is 69.0. The van der Waals surface area contributed by atoms with E-state index in [2.05, 4.69) is 42.0 Å². The van der Waals surface area contributed by atoms with Gasteiger partial charge in [-0.15, -0.1) is 0 Å². The summed E-state index contributed by atoms with van der Waals surface area (Å²) in [5.41, 5.74) is -1.64. The predicted octanol–water partition coefficient (Wildman–Crippen LogP) is 5.13. The molecule has 5 saturated heterocycles. The van der Waals surface area contributed by atoms with E-state index in [9.17, 15) is 78.3 Å². The largest absolute Gasteiger partial charge is 1.00 e. The molecule has 2 spiro atoms. The maximum Gasteiger partial charge on any atom is 1.00 e. The molecule has 8 N–H and O–H groups in total. The van der Waals surface area contributed by atoms with Gasteiger partial charge in [0.15, 0.2) is 5.79 Å². The van der Waals surface area contributed by atoms with Crippen molar-refractivity contribution in [3.05, 3.63) is 24.3 Å². The van der Waals surface area contributed by atoms with E-state index in [0.717, 1.165) is 16.2 Å². The van der Waals surface area contributed by atoms with Gasteiger partial charge in [-0.3, -0.25) is 57.5 Å². The number of likely N-dealkylation sites (N-methyl/N-ethyl adjacent to an activating group) is 7. The van der Waals surface area contributed by atoms with Crippen LogP contribution in [0.2, 0.25) is 0 Å². The number of carboxylic acids is 1. The number of nitrogens with one attached hydrogen (secondary N) is 4. The van der Waals surface area contributed by atoms with Crippen LogP contribution in [0.1, 0.15) is 290 Å². The van der Waals surface area contributed by atoms with Gasteiger partial charge < -0.3 is 110 Å². The van der Waals surface area contributed by atoms with Crippen molar-refractivity contribution in [1.29, 1.82) is 0 Å². The molecular formula is C104H180N11NaO23. The Morgan fingerprint density at radius 2 is 1.06 bits per heavy atom. The van der Waals surface area contributed by atoms with Crippen LogP contribution in [0.15, 0.2) is 24.3 Å². The van der Waals surface area contributed by atoms with Crippen LogP contribution in [-0.2, 0) is 86.0 Å². The molecule has 5 fully saturated rings. The number of aliphatic hydroxyl groups is 4. The minimum Gasteiger partial charge on any atom is -0.550 e. The molecule has 6 heterocycles. The van der Waals surface area contributed by atoms with Crippen LogP contribution in [0, 0.1) is 82.9 Å². The number of hydrogen-bond donors (Lipinski definition) is 8. The van der Waals surface area contributed by atoms with Crippen molar-refractivity contribution in [3.63, 3.8) is 0 Å². The average Bonchev–Trinajstić information content (AvgIpc) is 1.54. The first-order chi connectivity index (χ1) is 64.0. The van der Waals surface area contributed by atoms with Crippen LogP contribution < -0.4 is 55.9 Å². The van der Waals surface area contributed by atoms with E-state index in [-0.39, 0.29) is 121 Å². The number of carbonyl (C=O) groups is 13. The molecule has 0 saturated carbocycles. The summed E-state index contributed by atoms with van der Waals surface area (Å²) in [7, 11) is 9.92. The van der Waals surface area contributed by atoms with Crippen molar-refractivity contribution in [1.82, 2.24) is 55.6 Å². The molecular weight excluding hydrogens is 1790 g/mol. The Bertz CT molecular complexity index is 4160. The molecule has 30 atom stereocenters. The van der Waals surface area contributed by atoms with E-state index in [4.69, 9.17) is 23.7 Å². The minimum atomic E-state index is -1.61. The molecule has 6 aliphatic heterocycles. The average molecular weight is 1980 g/mol. The van der Waals surface area contributed by atoms with Gasteiger partial charge in [0.1, 0.15) is 72.3 Å². The van der Waals surface area contributed by atoms with Gasteiger partial charge in [-0.1, -0.05) is 164 Å². The standard InChI is InChI=1S/C62H111N11O12.C42H70O11.Na/c1-25-27-28-40(15)52(75)51-56(79)65-43(26-2)58(81)67(18)33-48(74)68(19)44(29-34(3)4)55(78)66-49(38(11)12)61(84)69(20)45(30-35(5)6)54(77)63-41(16)53(76)64-42(17)57(80)70(21)46(31-36(7)8)59(82)71(22)47(32-37(9)10)60(83)72(23)50(39(13)14)62(85)73(51)24;1-11-29(38(46)47)31-15-14-23(4)36(50-31)27(8)34(44)26(7)35(45)30(12-2)37-24(5)22-25(6)41(51-37)19-16-32(43)42(53-41)21-20-39(10,52-42)33-17-18-40(48,13-3)28(9)49-33;/h25,27,34-47,49-52,75H,26,28-33H2,1-24H3,(H,63,77)(H,64,76)(H,65,79)(H,66,78);16,19,23-34,36-37,43-44,48H,11-15,17-18,20-22H2,1-10H3,(H,46,47);/q;;+1/p-1. The first-order valence-corrected chi connectivity index (χ1v) is 51.3. The topological polar surface area (TPSA) is 443 Å². The molecule has 30 unspecified atom stereocenters. The van der Waals surface area contributed by atoms with Crippen molar-refractivity contribution in [3.8, 4) is 0 Å². The van der Waals surface area contributed by atoms with Crippen LogP contribution in [-0.4, -0.2) is 319 Å². The van der Waals surface area contributed by atoms with E-state index in [1.165, 1.54) is 87.7 Å². The third-order valence-corrected chi connectivity index (χ3v) is 30.5. The fourth-order valence-electron chi connectivity index (χ4n) is 21.2. The normalized spacial score (nSPS) is 34.1. The quantitative estimate of drug-likeness (QED) is 0.0390. The smallest absolute Gasteiger partial charge is 0.550 e. The van der Waals surface area contributed by atoms with E-state index < -0.39 is 239 Å². The van der Waals surface area contributed by atoms with Crippen molar-refractivity contribution >= 4 is 76.7 Å². The zero-order valence-electron chi connectivity index (χ0n) is 91.0. The molecule has 34 nitrogen and oxygen atoms in total. The molecule has 0 aromatic heterocycles. The van der Waals surface area contributed by atoms with Gasteiger partial charge in [-0.05, 0) is 196 Å². The zero-order valence-corrected chi connectivity index (χ0v) is 93.0. The summed E-state index contributed by atoms with van der Waals surface area (Å²) in [4.78, 5) is 195. The van der Waals surface area contributed by atoms with Crippen LogP contribution in [0.5, 0.6) is 0 Å². The number of amides is 11. The third kappa shape index (κ3) is 30.8. The number of nitrogens with zero attached hydrogens (tertiary/aromatic N) is 7. The maximum absolute atomic E-state index is 15.1. The molecule has 0 aromatic rings. The van der Waals surface area contributed by atoms with Crippen molar-refractivity contribution in [2.45, 2.75) is 422 Å². The summed E-state index contributed by atoms with van der Waals surface area (Å²) in [6.45, 7) is 48.8. The van der Waals surface area contributed by atoms with Gasteiger partial charge >= 0.3 is 29.6 Å². The predicted molar refractivity (Wildman–Crippen MR) is 524 cm³/mol. The second kappa shape index (κ2) is 54.0. The SMILES string of the molecule is CC=CCC(C)C(O)C1C(=O)NC(CC)C(=O)N(C)CC(=O)N(C)C(CC(C)C)C(=O)NC(C(C)C)C(=O)N(C)C(CC(C)C)C(=O)NC(C)C(=O)NC(C)C(=O)N(C)C(CC(C)C)C(=O)N(C)C(CC(C)C)C(=O)N(C)C(C(C)C)C(=O)N1C.CCC(C(=O)[O-])C1CCC(C)C(C(C)C(O)C(C)C(=O)C(CC)C2OC3(C=CC(O)C4(CCC(C)(C5CCC(O)(CC)C(C)O5)O4)O3)C(C)CC2C)O1.[Na+]. The maximum atomic E-state index is 15.1. The summed E-state index contributed by atoms with van der Waals surface area (Å²) >= 11 is 0. The molecule has 6 aliphatic rings. The first-order valence-electron chi connectivity index (χ1n) is 51.3. The van der Waals surface area contributed by atoms with Crippen molar-refractivity contribution < 1.29 is 141 Å². The number of aliphatic hydroxyl groups excluding tert-OH is 3. The third-order valence-electron chi connectivity index (χ3n) is 30.5. The Morgan fingerprint density at radius 3 is 1.57 bits per heavy atom. The molecule has 0 radical (unpaired) electrons. The number of ether oxygens (including phenoxy) is 5. The Hall–Kier alpha value is -6.57. The summed E-state index contributed by atoms with van der Waals surface area (Å²) in [6.07, 6.45) is 8.26. The summed E-state index contributed by atoms with van der Waals surface area (Å²) < 4.78 is 33.4. The van der Waals surface area contributed by atoms with Gasteiger partial charge in [-0.25, -0.2) is 0 Å². The van der Waals surface area contributed by atoms with Crippen LogP contribution in [0.25, 0.3) is 0 Å². The second-order valence-electron chi connectivity index (χ2n) is 44.0. The van der Waals surface area contributed by atoms with E-state index in [0.29, 0.717) is 64.2 Å². The number of hydrogen-bond acceptors (Lipinski definition) is 23. The van der Waals surface area contributed by atoms with Gasteiger partial charge in [0.05, 0.1) is 60.5 Å².